The average molecular weight is 425 g/mol. The van der Waals surface area contributed by atoms with E-state index in [1.807, 2.05) is 39.0 Å². The first-order valence-electron chi connectivity index (χ1n) is 9.28. The lowest BCUT2D eigenvalue weighted by Crippen LogP contribution is -2.32. The molecular formula is C21H26F2N2O3S. The molecule has 158 valence electrons. The molecule has 0 saturated heterocycles. The zero-order chi connectivity index (χ0) is 21.8. The van der Waals surface area contributed by atoms with Crippen molar-refractivity contribution in [1.82, 2.24) is 5.32 Å². The van der Waals surface area contributed by atoms with Gasteiger partial charge in [-0.1, -0.05) is 23.8 Å². The number of carbonyl (C=O) groups is 1. The van der Waals surface area contributed by atoms with Gasteiger partial charge in [-0.2, -0.15) is 0 Å². The fraction of sp³-hybridized carbons (Fsp3) is 0.381. The Morgan fingerprint density at radius 2 is 1.79 bits per heavy atom. The number of rotatable bonds is 8. The van der Waals surface area contributed by atoms with E-state index in [0.29, 0.717) is 0 Å². The van der Waals surface area contributed by atoms with Gasteiger partial charge in [0.05, 0.1) is 18.0 Å². The third-order valence-corrected chi connectivity index (χ3v) is 5.83. The smallest absolute Gasteiger partial charge is 0.232 e. The molecular weight excluding hydrogens is 398 g/mol. The van der Waals surface area contributed by atoms with Crippen molar-refractivity contribution in [2.24, 2.45) is 0 Å². The number of carbonyl (C=O) groups excluding carboxylic acids is 1. The fourth-order valence-corrected chi connectivity index (χ4v) is 4.08. The van der Waals surface area contributed by atoms with Gasteiger partial charge in [0.2, 0.25) is 15.9 Å². The second kappa shape index (κ2) is 9.35. The topological polar surface area (TPSA) is 66.5 Å². The van der Waals surface area contributed by atoms with Crippen molar-refractivity contribution in [1.29, 1.82) is 0 Å². The number of anilines is 1. The monoisotopic (exact) mass is 424 g/mol. The molecule has 5 nitrogen and oxygen atoms in total. The Morgan fingerprint density at radius 1 is 1.10 bits per heavy atom. The van der Waals surface area contributed by atoms with Crippen LogP contribution in [0, 0.1) is 25.5 Å². The number of nitrogens with zero attached hydrogens (tertiary/aromatic N) is 1. The maximum Gasteiger partial charge on any atom is 0.232 e. The normalized spacial score (nSPS) is 12.5. The van der Waals surface area contributed by atoms with Crippen molar-refractivity contribution in [3.63, 3.8) is 0 Å². The largest absolute Gasteiger partial charge is 0.350 e. The number of amides is 1. The second-order valence-electron chi connectivity index (χ2n) is 7.19. The van der Waals surface area contributed by atoms with Crippen LogP contribution in [0.5, 0.6) is 0 Å². The first kappa shape index (κ1) is 22.8. The average Bonchev–Trinajstić information content (AvgIpc) is 2.62. The molecule has 2 aromatic rings. The summed E-state index contributed by atoms with van der Waals surface area (Å²) in [6.45, 7) is 5.83. The van der Waals surface area contributed by atoms with Crippen LogP contribution in [-0.2, 0) is 14.8 Å². The molecule has 29 heavy (non-hydrogen) atoms. The highest BCUT2D eigenvalue weighted by molar-refractivity contribution is 7.92. The molecule has 1 atom stereocenters. The summed E-state index contributed by atoms with van der Waals surface area (Å²) in [6, 6.07) is 8.75. The van der Waals surface area contributed by atoms with E-state index >= 15 is 0 Å². The molecule has 0 bridgehead atoms. The minimum absolute atomic E-state index is 0.0187. The van der Waals surface area contributed by atoms with E-state index in [-0.39, 0.29) is 37.0 Å². The Bertz CT molecular complexity index is 993. The molecule has 1 N–H and O–H groups in total. The van der Waals surface area contributed by atoms with Crippen LogP contribution in [0.15, 0.2) is 36.4 Å². The minimum atomic E-state index is -3.71. The molecule has 2 aromatic carbocycles. The predicted molar refractivity (Wildman–Crippen MR) is 110 cm³/mol. The summed E-state index contributed by atoms with van der Waals surface area (Å²) in [5, 5.41) is 2.92. The Hall–Kier alpha value is -2.48. The lowest BCUT2D eigenvalue weighted by atomic mass is 10.00. The number of benzene rings is 2. The van der Waals surface area contributed by atoms with Gasteiger partial charge in [-0.05, 0) is 50.5 Å². The summed E-state index contributed by atoms with van der Waals surface area (Å²) in [6.07, 6.45) is 1.32. The molecule has 0 aliphatic rings. The first-order valence-corrected chi connectivity index (χ1v) is 11.1. The van der Waals surface area contributed by atoms with E-state index in [2.05, 4.69) is 5.32 Å². The van der Waals surface area contributed by atoms with Gasteiger partial charge < -0.3 is 5.32 Å². The van der Waals surface area contributed by atoms with Crippen LogP contribution in [0.25, 0.3) is 0 Å². The summed E-state index contributed by atoms with van der Waals surface area (Å²) in [5.41, 5.74) is 3.22. The molecule has 0 saturated carbocycles. The van der Waals surface area contributed by atoms with Crippen LogP contribution < -0.4 is 9.62 Å². The molecule has 1 amide bonds. The van der Waals surface area contributed by atoms with Gasteiger partial charge in [0.15, 0.2) is 11.6 Å². The van der Waals surface area contributed by atoms with Gasteiger partial charge in [0.25, 0.3) is 0 Å². The van der Waals surface area contributed by atoms with Crippen molar-refractivity contribution < 1.29 is 22.0 Å². The van der Waals surface area contributed by atoms with Gasteiger partial charge in [-0.3, -0.25) is 9.10 Å². The van der Waals surface area contributed by atoms with Crippen LogP contribution >= 0.6 is 0 Å². The highest BCUT2D eigenvalue weighted by Gasteiger charge is 2.19. The van der Waals surface area contributed by atoms with Gasteiger partial charge in [0.1, 0.15) is 0 Å². The molecule has 8 heteroatoms. The number of hydrogen-bond donors (Lipinski definition) is 1. The number of aryl methyl sites for hydroxylation is 2. The Balaban J connectivity index is 1.99. The van der Waals surface area contributed by atoms with Crippen molar-refractivity contribution >= 4 is 21.6 Å². The van der Waals surface area contributed by atoms with E-state index in [4.69, 9.17) is 0 Å². The molecule has 2 rings (SSSR count). The maximum absolute atomic E-state index is 13.5. The molecule has 0 fully saturated rings. The van der Waals surface area contributed by atoms with Crippen LogP contribution in [-0.4, -0.2) is 27.1 Å². The fourth-order valence-electron chi connectivity index (χ4n) is 3.13. The Kier molecular flexibility index (Phi) is 7.35. The van der Waals surface area contributed by atoms with Crippen molar-refractivity contribution in [3.8, 4) is 0 Å². The van der Waals surface area contributed by atoms with Gasteiger partial charge in [-0.25, -0.2) is 17.2 Å². The van der Waals surface area contributed by atoms with Crippen LogP contribution in [0.4, 0.5) is 14.5 Å². The van der Waals surface area contributed by atoms with Crippen molar-refractivity contribution in [2.45, 2.75) is 39.7 Å². The Labute approximate surface area is 170 Å². The van der Waals surface area contributed by atoms with Gasteiger partial charge in [0, 0.05) is 19.0 Å². The molecule has 0 aromatic heterocycles. The van der Waals surface area contributed by atoms with E-state index in [1.54, 1.807) is 0 Å². The summed E-state index contributed by atoms with van der Waals surface area (Å²) < 4.78 is 51.7. The quantitative estimate of drug-likeness (QED) is 0.696. The summed E-state index contributed by atoms with van der Waals surface area (Å²) in [5.74, 6) is -2.39. The standard InChI is InChI=1S/C21H26F2N2O3S/c1-14-7-8-15(2)18(12-14)16(3)24-21(26)6-5-11-25(29(4,27)28)17-9-10-19(22)20(23)13-17/h7-10,12-13,16H,5-6,11H2,1-4H3,(H,24,26). The Morgan fingerprint density at radius 3 is 2.41 bits per heavy atom. The minimum Gasteiger partial charge on any atom is -0.350 e. The van der Waals surface area contributed by atoms with Gasteiger partial charge in [-0.15, -0.1) is 0 Å². The van der Waals surface area contributed by atoms with E-state index in [1.165, 1.54) is 6.07 Å². The molecule has 1 unspecified atom stereocenters. The van der Waals surface area contributed by atoms with Crippen LogP contribution in [0.3, 0.4) is 0 Å². The number of sulfonamides is 1. The van der Waals surface area contributed by atoms with Crippen molar-refractivity contribution in [2.75, 3.05) is 17.1 Å². The van der Waals surface area contributed by atoms with Gasteiger partial charge >= 0.3 is 0 Å². The van der Waals surface area contributed by atoms with Crippen LogP contribution in [0.2, 0.25) is 0 Å². The highest BCUT2D eigenvalue weighted by atomic mass is 32.2. The third-order valence-electron chi connectivity index (χ3n) is 4.64. The molecule has 0 heterocycles. The third kappa shape index (κ3) is 6.25. The summed E-state index contributed by atoms with van der Waals surface area (Å²) >= 11 is 0. The number of hydrogen-bond acceptors (Lipinski definition) is 3. The molecule has 0 spiro atoms. The number of nitrogens with one attached hydrogen (secondary N) is 1. The lowest BCUT2D eigenvalue weighted by Gasteiger charge is -2.23. The van der Waals surface area contributed by atoms with Crippen molar-refractivity contribution in [3.05, 3.63) is 64.7 Å². The van der Waals surface area contributed by atoms with E-state index < -0.39 is 21.7 Å². The second-order valence-corrected chi connectivity index (χ2v) is 9.09. The summed E-state index contributed by atoms with van der Waals surface area (Å²) in [7, 11) is -3.71. The maximum atomic E-state index is 13.5. The first-order chi connectivity index (χ1) is 13.5. The van der Waals surface area contributed by atoms with Crippen LogP contribution in [0.1, 0.15) is 42.5 Å². The highest BCUT2D eigenvalue weighted by Crippen LogP contribution is 2.22. The van der Waals surface area contributed by atoms with E-state index in [0.717, 1.165) is 39.4 Å². The lowest BCUT2D eigenvalue weighted by molar-refractivity contribution is -0.121. The van der Waals surface area contributed by atoms with E-state index in [9.17, 15) is 22.0 Å². The predicted octanol–water partition coefficient (Wildman–Crippen LogP) is 4.01. The number of halogens is 2. The SMILES string of the molecule is Cc1ccc(C)c(C(C)NC(=O)CCCN(c2ccc(F)c(F)c2)S(C)(=O)=O)c1. The zero-order valence-corrected chi connectivity index (χ0v) is 17.8. The summed E-state index contributed by atoms with van der Waals surface area (Å²) in [4.78, 5) is 12.3. The molecule has 0 radical (unpaired) electrons. The molecule has 0 aliphatic heterocycles. The molecule has 0 aliphatic carbocycles. The zero-order valence-electron chi connectivity index (χ0n) is 17.0.